The topological polar surface area (TPSA) is 127 Å². The van der Waals surface area contributed by atoms with Gasteiger partial charge in [0.15, 0.2) is 0 Å². The van der Waals surface area contributed by atoms with Crippen LogP contribution in [0.3, 0.4) is 0 Å². The summed E-state index contributed by atoms with van der Waals surface area (Å²) in [7, 11) is -0.747. The van der Waals surface area contributed by atoms with E-state index in [0.29, 0.717) is 11.0 Å². The third kappa shape index (κ3) is 22.7. The molecule has 0 radical (unpaired) electrons. The van der Waals surface area contributed by atoms with Crippen molar-refractivity contribution < 1.29 is 52.7 Å². The minimum atomic E-state index is -2.40. The zero-order chi connectivity index (χ0) is 28.0. The first kappa shape index (κ1) is 41.8. The van der Waals surface area contributed by atoms with Crippen molar-refractivity contribution in [1.29, 1.82) is 0 Å². The molecular weight excluding hydrogens is 496 g/mol. The molecule has 0 amide bonds. The number of para-hydroxylation sites is 1. The maximum absolute atomic E-state index is 7.50. The molecule has 8 nitrogen and oxygen atoms in total. The van der Waals surface area contributed by atoms with Crippen LogP contribution in [0.5, 0.6) is 5.75 Å². The number of hydrogen-bond acceptors (Lipinski definition) is 3. The normalized spacial score (nSPS) is 8.76. The summed E-state index contributed by atoms with van der Waals surface area (Å²) in [4.78, 5) is 0. The van der Waals surface area contributed by atoms with Gasteiger partial charge in [0.25, 0.3) is 0 Å². The zero-order valence-electron chi connectivity index (χ0n) is 19.5. The second-order valence-electron chi connectivity index (χ2n) is 5.70. The first-order valence-electron chi connectivity index (χ1n) is 9.09. The van der Waals surface area contributed by atoms with Gasteiger partial charge in [-0.3, -0.25) is 0 Å². The number of allylic oxidation sites excluding steroid dienone is 1. The van der Waals surface area contributed by atoms with Crippen LogP contribution < -0.4 is 4.74 Å². The number of methoxy groups -OCH3 is 1. The van der Waals surface area contributed by atoms with Gasteiger partial charge in [-0.1, -0.05) is 0 Å². The monoisotopic (exact) mass is 522 g/mol. The van der Waals surface area contributed by atoms with Crippen LogP contribution in [-0.4, -0.2) is 26.3 Å². The Bertz CT molecular complexity index is 794. The molecule has 0 heterocycles. The van der Waals surface area contributed by atoms with E-state index in [1.165, 1.54) is 0 Å². The summed E-state index contributed by atoms with van der Waals surface area (Å²) >= 11 is 3.00. The molecule has 10 heteroatoms. The Morgan fingerprint density at radius 2 is 1.56 bits per heavy atom. The summed E-state index contributed by atoms with van der Waals surface area (Å²) in [6, 6.07) is 7.75. The Morgan fingerprint density at radius 3 is 2.00 bits per heavy atom. The Morgan fingerprint density at radius 1 is 1.06 bits per heavy atom. The van der Waals surface area contributed by atoms with E-state index < -0.39 is 8.56 Å². The van der Waals surface area contributed by atoms with Crippen molar-refractivity contribution in [2.24, 2.45) is 0 Å². The molecule has 180 valence electrons. The van der Waals surface area contributed by atoms with Gasteiger partial charge >= 0.3 is 212 Å². The van der Waals surface area contributed by atoms with Gasteiger partial charge in [0.05, 0.1) is 0 Å². The molecule has 0 spiro atoms. The van der Waals surface area contributed by atoms with E-state index in [2.05, 4.69) is 74.4 Å². The van der Waals surface area contributed by atoms with E-state index in [1.54, 1.807) is 13.2 Å². The van der Waals surface area contributed by atoms with Crippen molar-refractivity contribution >= 4 is 13.1 Å². The number of hydrogen-bond donors (Lipinski definition) is 0. The Labute approximate surface area is 211 Å². The molecule has 1 aromatic rings. The van der Waals surface area contributed by atoms with E-state index in [9.17, 15) is 0 Å². The van der Waals surface area contributed by atoms with Crippen molar-refractivity contribution in [3.63, 3.8) is 0 Å². The summed E-state index contributed by atoms with van der Waals surface area (Å²) < 4.78 is 56.0. The maximum atomic E-state index is 7.50. The van der Waals surface area contributed by atoms with Crippen LogP contribution in [0.15, 0.2) is 36.9 Å². The van der Waals surface area contributed by atoms with Crippen molar-refractivity contribution in [3.8, 4) is 17.6 Å². The van der Waals surface area contributed by atoms with Gasteiger partial charge in [0.1, 0.15) is 0 Å². The van der Waals surface area contributed by atoms with Crippen molar-refractivity contribution in [2.75, 3.05) is 7.11 Å². The molecule has 0 saturated heterocycles. The predicted octanol–water partition coefficient (Wildman–Crippen LogP) is 4.02. The van der Waals surface area contributed by atoms with E-state index in [0.717, 1.165) is 24.2 Å². The third-order valence-corrected chi connectivity index (χ3v) is 5.41. The van der Waals surface area contributed by atoms with Gasteiger partial charge in [-0.2, -0.15) is 0 Å². The van der Waals surface area contributed by atoms with Gasteiger partial charge < -0.3 is 0 Å². The summed E-state index contributed by atoms with van der Waals surface area (Å²) in [5, 5.41) is 0. The summed E-state index contributed by atoms with van der Waals surface area (Å²) in [5.41, 5.74) is 0.897. The molecule has 34 heavy (non-hydrogen) atoms. The van der Waals surface area contributed by atoms with Crippen molar-refractivity contribution in [3.05, 3.63) is 75.7 Å². The first-order valence-corrected chi connectivity index (χ1v) is 12.5. The van der Waals surface area contributed by atoms with Crippen molar-refractivity contribution in [1.82, 2.24) is 0 Å². The second kappa shape index (κ2) is 32.7. The van der Waals surface area contributed by atoms with Crippen LogP contribution in [0.1, 0.15) is 31.7 Å². The number of rotatable bonds is 9. The average molecular weight is 523 g/mol. The van der Waals surface area contributed by atoms with Crippen LogP contribution in [-0.2, 0) is 48.0 Å². The molecular formula is C24H26CrO8Si. The Balaban J connectivity index is -0.000000247. The summed E-state index contributed by atoms with van der Waals surface area (Å²) in [5.74, 6) is 7.04. The van der Waals surface area contributed by atoms with Crippen molar-refractivity contribution in [2.45, 2.75) is 45.4 Å². The zero-order valence-corrected chi connectivity index (χ0v) is 21.7. The molecule has 0 fully saturated rings. The standard InChI is InChI=1S/C19H26O3Si.5CO.Cr/c1-6-8-9-14-18(12-7-2)22-23(4,5)21-16-17-13-10-11-15-19(17)20-3;5*1-2;/h6,10-11,13,15,18H,1,7-8,12H2,2-5H3;;;;;;. The van der Waals surface area contributed by atoms with E-state index in [1.807, 2.05) is 37.4 Å². The fourth-order valence-electron chi connectivity index (χ4n) is 2.13. The predicted molar refractivity (Wildman–Crippen MR) is 118 cm³/mol. The summed E-state index contributed by atoms with van der Waals surface area (Å²) in [6.45, 7) is 32.4. The van der Waals surface area contributed by atoms with Gasteiger partial charge in [0.2, 0.25) is 0 Å². The Hall–Kier alpha value is -2.44. The SMILES string of the molecule is C=CCC#CC(CCC)O[Si](C)(C)O[C](=[Cr])c1ccccc1OC.[C-]#[O+].[C-]#[O+].[C-]#[O+].[C-]#[O+].[C-]#[O+]. The molecule has 0 aliphatic rings. The molecule has 1 unspecified atom stereocenters. The molecule has 0 aliphatic heterocycles. The van der Waals surface area contributed by atoms with Crippen LogP contribution in [0.2, 0.25) is 13.1 Å². The van der Waals surface area contributed by atoms with Crippen LogP contribution in [0.25, 0.3) is 0 Å². The fraction of sp³-hybridized carbons (Fsp3) is 0.333. The number of ether oxygens (including phenoxy) is 1. The molecule has 0 N–H and O–H groups in total. The molecule has 1 aromatic carbocycles. The van der Waals surface area contributed by atoms with Gasteiger partial charge in [0, 0.05) is 0 Å². The van der Waals surface area contributed by atoms with Gasteiger partial charge in [-0.15, -0.1) is 0 Å². The molecule has 0 aliphatic carbocycles. The van der Waals surface area contributed by atoms with E-state index in [4.69, 9.17) is 36.8 Å². The van der Waals surface area contributed by atoms with Gasteiger partial charge in [-0.25, -0.2) is 0 Å². The Kier molecular flexibility index (Phi) is 40.2. The molecule has 1 atom stereocenters. The van der Waals surface area contributed by atoms with Crippen LogP contribution in [0.4, 0.5) is 0 Å². The van der Waals surface area contributed by atoms with E-state index in [-0.39, 0.29) is 6.10 Å². The minimum absolute atomic E-state index is 0.109. The third-order valence-electron chi connectivity index (χ3n) is 3.15. The first-order chi connectivity index (χ1) is 16.4. The number of benzene rings is 1. The fourth-order valence-corrected chi connectivity index (χ4v) is 4.80. The van der Waals surface area contributed by atoms with Crippen LogP contribution >= 0.6 is 0 Å². The quantitative estimate of drug-likeness (QED) is 0.160. The average Bonchev–Trinajstić information content (AvgIpc) is 2.89. The van der Waals surface area contributed by atoms with Crippen LogP contribution in [0, 0.1) is 45.1 Å². The second-order valence-corrected chi connectivity index (χ2v) is 9.52. The van der Waals surface area contributed by atoms with E-state index >= 15 is 0 Å². The van der Waals surface area contributed by atoms with Gasteiger partial charge in [-0.05, 0) is 0 Å². The summed E-state index contributed by atoms with van der Waals surface area (Å²) in [6.07, 6.45) is 4.26. The molecule has 0 bridgehead atoms. The molecule has 0 aromatic heterocycles. The molecule has 1 rings (SSSR count). The molecule has 0 saturated carbocycles.